The Morgan fingerprint density at radius 3 is 1.51 bits per heavy atom. The molecule has 246 valence electrons. The first-order chi connectivity index (χ1) is 23.1. The van der Waals surface area contributed by atoms with E-state index in [2.05, 4.69) is 38.1 Å². The Bertz CT molecular complexity index is 1470. The number of ether oxygens (including phenoxy) is 2. The first-order valence-electron chi connectivity index (χ1n) is 17.9. The summed E-state index contributed by atoms with van der Waals surface area (Å²) in [4.78, 5) is 0. The molecule has 0 N–H and O–H groups in total. The molecule has 0 aromatic heterocycles. The predicted octanol–water partition coefficient (Wildman–Crippen LogP) is 11.5. The van der Waals surface area contributed by atoms with E-state index in [0.29, 0.717) is 18.8 Å². The van der Waals surface area contributed by atoms with E-state index in [-0.39, 0.29) is 0 Å². The van der Waals surface area contributed by atoms with Gasteiger partial charge < -0.3 is 9.47 Å². The zero-order chi connectivity index (χ0) is 33.2. The molecule has 0 amide bonds. The Morgan fingerprint density at radius 2 is 1.02 bits per heavy atom. The number of hydrogen-bond acceptors (Lipinski definition) is 4. The highest BCUT2D eigenvalue weighted by atomic mass is 16.7. The van der Waals surface area contributed by atoms with Gasteiger partial charge in [-0.2, -0.15) is 10.5 Å². The molecule has 4 nitrogen and oxygen atoms in total. The SMILES string of the molecule is CCCCCCCCCCOC1(OCCCCCCC)C=CC(=C2C=CC(C#N)(C#N)C(c3ccccc3)=C2c2ccccc2)C=C1. The van der Waals surface area contributed by atoms with Crippen LogP contribution in [0.5, 0.6) is 0 Å². The lowest BCUT2D eigenvalue weighted by atomic mass is 9.69. The Hall–Kier alpha value is -3.96. The summed E-state index contributed by atoms with van der Waals surface area (Å²) in [6, 6.07) is 24.6. The van der Waals surface area contributed by atoms with Crippen LogP contribution in [0.25, 0.3) is 11.1 Å². The zero-order valence-corrected chi connectivity index (χ0v) is 28.6. The minimum atomic E-state index is -1.41. The Morgan fingerprint density at radius 1 is 0.553 bits per heavy atom. The van der Waals surface area contributed by atoms with Gasteiger partial charge in [-0.25, -0.2) is 0 Å². The lowest BCUT2D eigenvalue weighted by Crippen LogP contribution is -2.34. The van der Waals surface area contributed by atoms with Crippen LogP contribution < -0.4 is 0 Å². The van der Waals surface area contributed by atoms with Crippen LogP contribution in [0, 0.1) is 28.1 Å². The molecule has 0 aliphatic heterocycles. The number of hydrogen-bond donors (Lipinski definition) is 0. The van der Waals surface area contributed by atoms with E-state index in [4.69, 9.17) is 9.47 Å². The van der Waals surface area contributed by atoms with Crippen LogP contribution in [-0.2, 0) is 9.47 Å². The molecule has 0 saturated carbocycles. The van der Waals surface area contributed by atoms with Gasteiger partial charge in [0.25, 0.3) is 0 Å². The molecule has 47 heavy (non-hydrogen) atoms. The van der Waals surface area contributed by atoms with Crippen LogP contribution in [0.3, 0.4) is 0 Å². The van der Waals surface area contributed by atoms with Crippen LogP contribution in [-0.4, -0.2) is 19.0 Å². The fourth-order valence-corrected chi connectivity index (χ4v) is 6.38. The summed E-state index contributed by atoms with van der Waals surface area (Å²) in [6.45, 7) is 5.78. The van der Waals surface area contributed by atoms with Gasteiger partial charge in [0.15, 0.2) is 5.41 Å². The van der Waals surface area contributed by atoms with E-state index in [1.165, 1.54) is 64.2 Å². The zero-order valence-electron chi connectivity index (χ0n) is 28.6. The fraction of sp³-hybridized carbons (Fsp3) is 0.442. The van der Waals surface area contributed by atoms with Gasteiger partial charge in [-0.05, 0) is 58.9 Å². The monoisotopic (exact) mass is 628 g/mol. The summed E-state index contributed by atoms with van der Waals surface area (Å²) in [5.41, 5.74) is 3.93. The van der Waals surface area contributed by atoms with Crippen LogP contribution in [0.4, 0.5) is 0 Å². The van der Waals surface area contributed by atoms with Gasteiger partial charge in [-0.3, -0.25) is 0 Å². The van der Waals surface area contributed by atoms with Gasteiger partial charge in [0.05, 0.1) is 25.4 Å². The Kier molecular flexibility index (Phi) is 14.5. The van der Waals surface area contributed by atoms with Crippen molar-refractivity contribution in [1.29, 1.82) is 10.5 Å². The molecule has 0 unspecified atom stereocenters. The molecule has 0 radical (unpaired) electrons. The fourth-order valence-electron chi connectivity index (χ4n) is 6.38. The first kappa shape index (κ1) is 35.9. The smallest absolute Gasteiger partial charge is 0.208 e. The molecular weight excluding hydrogens is 576 g/mol. The van der Waals surface area contributed by atoms with Crippen molar-refractivity contribution in [2.45, 2.75) is 103 Å². The van der Waals surface area contributed by atoms with Gasteiger partial charge in [0.2, 0.25) is 5.79 Å². The highest BCUT2D eigenvalue weighted by Crippen LogP contribution is 2.49. The van der Waals surface area contributed by atoms with Gasteiger partial charge >= 0.3 is 0 Å². The standard InChI is InChI=1S/C43H52N2O2/c1-3-5-7-9-10-11-13-21-33-47-43(46-32-20-12-8-6-4-2)30-26-36(27-31-43)39-28-29-42(34-44,35-45)41(38-24-18-15-19-25-38)40(39)37-22-16-14-17-23-37/h14-19,22-31H,3-13,20-21,32-33H2,1-2H3. The van der Waals surface area contributed by atoms with Gasteiger partial charge in [-0.1, -0.05) is 163 Å². The second kappa shape index (κ2) is 19.0. The lowest BCUT2D eigenvalue weighted by Gasteiger charge is -2.32. The molecule has 2 aromatic carbocycles. The predicted molar refractivity (Wildman–Crippen MR) is 194 cm³/mol. The third-order valence-electron chi connectivity index (χ3n) is 9.09. The third-order valence-corrected chi connectivity index (χ3v) is 9.09. The summed E-state index contributed by atoms with van der Waals surface area (Å²) in [7, 11) is 0. The highest BCUT2D eigenvalue weighted by Gasteiger charge is 2.40. The molecule has 2 aliphatic carbocycles. The van der Waals surface area contributed by atoms with E-state index in [1.807, 2.05) is 78.9 Å². The molecular formula is C43H52N2O2. The average molecular weight is 629 g/mol. The number of nitrogens with zero attached hydrogens (tertiary/aromatic N) is 2. The molecule has 0 fully saturated rings. The van der Waals surface area contributed by atoms with Crippen LogP contribution in [0.1, 0.15) is 108 Å². The maximum absolute atomic E-state index is 10.4. The molecule has 4 heteroatoms. The second-order valence-corrected chi connectivity index (χ2v) is 12.7. The van der Waals surface area contributed by atoms with Gasteiger partial charge in [0.1, 0.15) is 0 Å². The topological polar surface area (TPSA) is 66.0 Å². The van der Waals surface area contributed by atoms with E-state index in [0.717, 1.165) is 47.1 Å². The van der Waals surface area contributed by atoms with E-state index in [1.54, 1.807) is 6.08 Å². The van der Waals surface area contributed by atoms with E-state index in [9.17, 15) is 10.5 Å². The summed E-state index contributed by atoms with van der Waals surface area (Å²) >= 11 is 0. The lowest BCUT2D eigenvalue weighted by molar-refractivity contribution is -0.173. The largest absolute Gasteiger partial charge is 0.343 e. The number of rotatable bonds is 19. The normalized spacial score (nSPS) is 18.4. The Balaban J connectivity index is 1.63. The first-order valence-corrected chi connectivity index (χ1v) is 17.9. The van der Waals surface area contributed by atoms with Crippen molar-refractivity contribution in [3.63, 3.8) is 0 Å². The molecule has 0 saturated heterocycles. The van der Waals surface area contributed by atoms with Crippen molar-refractivity contribution in [2.75, 3.05) is 13.2 Å². The van der Waals surface area contributed by atoms with Crippen molar-refractivity contribution < 1.29 is 9.47 Å². The van der Waals surface area contributed by atoms with Crippen LogP contribution >= 0.6 is 0 Å². The number of benzene rings is 2. The maximum atomic E-state index is 10.4. The maximum Gasteiger partial charge on any atom is 0.208 e. The van der Waals surface area contributed by atoms with Crippen molar-refractivity contribution in [3.05, 3.63) is 119 Å². The quantitative estimate of drug-likeness (QED) is 0.115. The summed E-state index contributed by atoms with van der Waals surface area (Å²) in [6.07, 6.45) is 27.8. The molecule has 0 atom stereocenters. The molecule has 2 aliphatic rings. The van der Waals surface area contributed by atoms with Gasteiger partial charge in [0, 0.05) is 5.57 Å². The third kappa shape index (κ3) is 9.77. The van der Waals surface area contributed by atoms with Crippen molar-refractivity contribution in [1.82, 2.24) is 0 Å². The Labute approximate surface area is 283 Å². The second-order valence-electron chi connectivity index (χ2n) is 12.7. The number of allylic oxidation sites excluding steroid dienone is 8. The molecule has 0 heterocycles. The van der Waals surface area contributed by atoms with Crippen LogP contribution in [0.2, 0.25) is 0 Å². The molecule has 0 bridgehead atoms. The summed E-state index contributed by atoms with van der Waals surface area (Å²) in [5, 5.41) is 20.8. The molecule has 4 rings (SSSR count). The highest BCUT2D eigenvalue weighted by molar-refractivity contribution is 6.06. The molecule has 2 aromatic rings. The average Bonchev–Trinajstić information content (AvgIpc) is 3.13. The van der Waals surface area contributed by atoms with Crippen molar-refractivity contribution >= 4 is 11.1 Å². The minimum Gasteiger partial charge on any atom is -0.343 e. The van der Waals surface area contributed by atoms with E-state index < -0.39 is 11.2 Å². The van der Waals surface area contributed by atoms with Crippen molar-refractivity contribution in [3.8, 4) is 12.1 Å². The van der Waals surface area contributed by atoms with E-state index >= 15 is 0 Å². The summed E-state index contributed by atoms with van der Waals surface area (Å²) in [5.74, 6) is -0.906. The van der Waals surface area contributed by atoms with Crippen molar-refractivity contribution in [2.24, 2.45) is 5.41 Å². The number of unbranched alkanes of at least 4 members (excludes halogenated alkanes) is 11. The van der Waals surface area contributed by atoms with Crippen LogP contribution in [0.15, 0.2) is 108 Å². The minimum absolute atomic E-state index is 0.641. The summed E-state index contributed by atoms with van der Waals surface area (Å²) < 4.78 is 13.0. The van der Waals surface area contributed by atoms with Gasteiger partial charge in [-0.15, -0.1) is 0 Å². The number of nitriles is 2. The molecule has 0 spiro atoms.